The summed E-state index contributed by atoms with van der Waals surface area (Å²) in [7, 11) is 0. The minimum Gasteiger partial charge on any atom is -0.481 e. The largest absolute Gasteiger partial charge is 0.481 e. The Bertz CT molecular complexity index is 1440. The Hall–Kier alpha value is -4.40. The van der Waals surface area contributed by atoms with E-state index in [1.165, 1.54) is 0 Å². The standard InChI is InChI=1S/C19H20N2O3.C10H13NO3/c1-10-4-6-16-14(8-10)15(19(24)21-16)9-17-11(2)13(12(3)20-17)5-7-18(22)23;1-6-8(3-4-10(13)14)7(2)11-9(6)5-12/h4,6,8-9,20H,5,7H2,1-3H3,(H,21,24)(H,22,23);5,11H,3-4H2,1-2H3,(H,13,14). The molecule has 1 aromatic carbocycles. The normalized spacial score (nSPS) is 13.1. The number of benzene rings is 1. The lowest BCUT2D eigenvalue weighted by Crippen LogP contribution is -2.03. The number of aromatic nitrogens is 2. The summed E-state index contributed by atoms with van der Waals surface area (Å²) in [5.41, 5.74) is 10.5. The van der Waals surface area contributed by atoms with Gasteiger partial charge in [-0.25, -0.2) is 0 Å². The minimum atomic E-state index is -0.822. The van der Waals surface area contributed by atoms with Crippen molar-refractivity contribution in [3.63, 3.8) is 0 Å². The Morgan fingerprint density at radius 1 is 0.842 bits per heavy atom. The second-order valence-corrected chi connectivity index (χ2v) is 9.50. The monoisotopic (exact) mass is 519 g/mol. The van der Waals surface area contributed by atoms with Crippen LogP contribution in [0, 0.1) is 34.6 Å². The Morgan fingerprint density at radius 2 is 1.37 bits per heavy atom. The second kappa shape index (κ2) is 11.8. The van der Waals surface area contributed by atoms with E-state index in [0.717, 1.165) is 62.4 Å². The molecule has 9 heteroatoms. The van der Waals surface area contributed by atoms with Crippen molar-refractivity contribution in [2.75, 3.05) is 5.32 Å². The van der Waals surface area contributed by atoms with Crippen molar-refractivity contribution in [1.82, 2.24) is 9.97 Å². The van der Waals surface area contributed by atoms with Crippen molar-refractivity contribution in [1.29, 1.82) is 0 Å². The minimum absolute atomic E-state index is 0.0951. The number of hydrogen-bond donors (Lipinski definition) is 5. The van der Waals surface area contributed by atoms with Gasteiger partial charge in [0.1, 0.15) is 0 Å². The molecule has 38 heavy (non-hydrogen) atoms. The molecule has 0 bridgehead atoms. The number of hydrogen-bond acceptors (Lipinski definition) is 4. The predicted molar refractivity (Wildman–Crippen MR) is 146 cm³/mol. The number of aryl methyl sites for hydroxylation is 3. The van der Waals surface area contributed by atoms with Gasteiger partial charge >= 0.3 is 11.9 Å². The first-order valence-corrected chi connectivity index (χ1v) is 12.3. The van der Waals surface area contributed by atoms with Crippen LogP contribution in [0.3, 0.4) is 0 Å². The van der Waals surface area contributed by atoms with E-state index < -0.39 is 11.9 Å². The lowest BCUT2D eigenvalue weighted by atomic mass is 10.0. The fourth-order valence-electron chi connectivity index (χ4n) is 4.70. The van der Waals surface area contributed by atoms with E-state index in [0.29, 0.717) is 24.1 Å². The molecule has 0 unspecified atom stereocenters. The van der Waals surface area contributed by atoms with Crippen molar-refractivity contribution in [3.8, 4) is 0 Å². The average Bonchev–Trinajstić information content (AvgIpc) is 3.41. The molecule has 200 valence electrons. The predicted octanol–water partition coefficient (Wildman–Crippen LogP) is 4.91. The third kappa shape index (κ3) is 6.29. The summed E-state index contributed by atoms with van der Waals surface area (Å²) in [6.07, 6.45) is 3.75. The molecule has 0 radical (unpaired) electrons. The Morgan fingerprint density at radius 3 is 1.87 bits per heavy atom. The summed E-state index contributed by atoms with van der Waals surface area (Å²) in [6, 6.07) is 5.88. The first kappa shape index (κ1) is 28.2. The number of aliphatic carboxylic acids is 2. The molecule has 4 rings (SSSR count). The lowest BCUT2D eigenvalue weighted by molar-refractivity contribution is -0.138. The molecular weight excluding hydrogens is 486 g/mol. The van der Waals surface area contributed by atoms with Gasteiger partial charge in [-0.3, -0.25) is 19.2 Å². The molecule has 0 spiro atoms. The fourth-order valence-corrected chi connectivity index (χ4v) is 4.70. The maximum atomic E-state index is 12.3. The highest BCUT2D eigenvalue weighted by molar-refractivity contribution is 6.34. The van der Waals surface area contributed by atoms with Crippen LogP contribution in [0.2, 0.25) is 0 Å². The number of carbonyl (C=O) groups is 4. The van der Waals surface area contributed by atoms with Crippen LogP contribution < -0.4 is 5.32 Å². The summed E-state index contributed by atoms with van der Waals surface area (Å²) in [5.74, 6) is -1.75. The topological polar surface area (TPSA) is 152 Å². The van der Waals surface area contributed by atoms with E-state index in [1.807, 2.05) is 58.9 Å². The van der Waals surface area contributed by atoms with E-state index in [1.54, 1.807) is 0 Å². The summed E-state index contributed by atoms with van der Waals surface area (Å²) < 4.78 is 0. The van der Waals surface area contributed by atoms with Crippen molar-refractivity contribution in [3.05, 3.63) is 74.4 Å². The van der Waals surface area contributed by atoms with Crippen LogP contribution in [-0.4, -0.2) is 44.3 Å². The highest BCUT2D eigenvalue weighted by Gasteiger charge is 2.25. The highest BCUT2D eigenvalue weighted by Crippen LogP contribution is 2.34. The molecule has 0 saturated carbocycles. The quantitative estimate of drug-likeness (QED) is 0.211. The zero-order valence-corrected chi connectivity index (χ0v) is 22.2. The number of anilines is 1. The van der Waals surface area contributed by atoms with Gasteiger partial charge in [-0.2, -0.15) is 0 Å². The molecule has 1 aliphatic heterocycles. The van der Waals surface area contributed by atoms with Crippen molar-refractivity contribution >= 4 is 41.5 Å². The van der Waals surface area contributed by atoms with Crippen LogP contribution in [0.4, 0.5) is 5.69 Å². The number of nitrogens with one attached hydrogen (secondary N) is 3. The molecular formula is C29H33N3O6. The number of carboxylic acid groups (broad SMARTS) is 2. The zero-order valence-electron chi connectivity index (χ0n) is 22.2. The van der Waals surface area contributed by atoms with Crippen LogP contribution in [0.25, 0.3) is 11.6 Å². The number of amides is 1. The molecule has 1 amide bonds. The Balaban J connectivity index is 0.000000244. The summed E-state index contributed by atoms with van der Waals surface area (Å²) in [4.78, 5) is 50.3. The van der Waals surface area contributed by atoms with E-state index in [-0.39, 0.29) is 18.7 Å². The number of aromatic amines is 2. The number of carboxylic acids is 2. The fraction of sp³-hybridized carbons (Fsp3) is 0.310. The van der Waals surface area contributed by atoms with Gasteiger partial charge in [0, 0.05) is 41.2 Å². The first-order chi connectivity index (χ1) is 17.9. The van der Waals surface area contributed by atoms with Gasteiger partial charge in [0.25, 0.3) is 5.91 Å². The van der Waals surface area contributed by atoms with Crippen LogP contribution in [0.15, 0.2) is 18.2 Å². The van der Waals surface area contributed by atoms with Crippen LogP contribution in [0.1, 0.15) is 73.8 Å². The van der Waals surface area contributed by atoms with Gasteiger partial charge in [-0.15, -0.1) is 0 Å². The summed E-state index contributed by atoms with van der Waals surface area (Å²) in [5, 5.41) is 20.3. The van der Waals surface area contributed by atoms with Crippen molar-refractivity contribution < 1.29 is 29.4 Å². The second-order valence-electron chi connectivity index (χ2n) is 9.50. The summed E-state index contributed by atoms with van der Waals surface area (Å²) in [6.45, 7) is 9.55. The maximum absolute atomic E-state index is 12.3. The molecule has 0 fully saturated rings. The number of H-pyrrole nitrogens is 2. The molecule has 0 aliphatic carbocycles. The number of carbonyl (C=O) groups excluding carboxylic acids is 2. The van der Waals surface area contributed by atoms with Gasteiger partial charge < -0.3 is 25.5 Å². The Kier molecular flexibility index (Phi) is 8.72. The molecule has 5 N–H and O–H groups in total. The maximum Gasteiger partial charge on any atom is 0.303 e. The number of aldehydes is 1. The number of rotatable bonds is 8. The number of fused-ring (bicyclic) bond motifs is 1. The van der Waals surface area contributed by atoms with Crippen LogP contribution >= 0.6 is 0 Å². The zero-order chi connectivity index (χ0) is 28.1. The third-order valence-corrected chi connectivity index (χ3v) is 6.81. The first-order valence-electron chi connectivity index (χ1n) is 12.3. The summed E-state index contributed by atoms with van der Waals surface area (Å²) >= 11 is 0. The Labute approximate surface area is 221 Å². The highest BCUT2D eigenvalue weighted by atomic mass is 16.4. The molecule has 3 aromatic rings. The van der Waals surface area contributed by atoms with E-state index in [4.69, 9.17) is 10.2 Å². The van der Waals surface area contributed by atoms with Gasteiger partial charge in [0.2, 0.25) is 0 Å². The molecule has 0 saturated heterocycles. The van der Waals surface area contributed by atoms with Crippen molar-refractivity contribution in [2.24, 2.45) is 0 Å². The van der Waals surface area contributed by atoms with E-state index in [9.17, 15) is 19.2 Å². The molecule has 3 heterocycles. The van der Waals surface area contributed by atoms with Crippen LogP contribution in [0.5, 0.6) is 0 Å². The van der Waals surface area contributed by atoms with Gasteiger partial charge in [-0.1, -0.05) is 11.6 Å². The lowest BCUT2D eigenvalue weighted by Gasteiger charge is -2.01. The molecule has 0 atom stereocenters. The van der Waals surface area contributed by atoms with Gasteiger partial charge in [0.15, 0.2) is 6.29 Å². The molecule has 1 aliphatic rings. The third-order valence-electron chi connectivity index (χ3n) is 6.81. The smallest absolute Gasteiger partial charge is 0.303 e. The molecule has 9 nitrogen and oxygen atoms in total. The SMILES string of the molecule is Cc1[nH]c(C=O)c(C)c1CCC(=O)O.Cc1ccc2c(c1)C(=Cc1[nH]c(C)c(CCC(=O)O)c1C)C(=O)N2. The van der Waals surface area contributed by atoms with E-state index in [2.05, 4.69) is 15.3 Å². The van der Waals surface area contributed by atoms with E-state index >= 15 is 0 Å². The molecule has 2 aromatic heterocycles. The van der Waals surface area contributed by atoms with Crippen LogP contribution in [-0.2, 0) is 27.2 Å². The van der Waals surface area contributed by atoms with Gasteiger partial charge in [0.05, 0.1) is 11.3 Å². The van der Waals surface area contributed by atoms with Crippen molar-refractivity contribution in [2.45, 2.75) is 60.3 Å². The van der Waals surface area contributed by atoms with Gasteiger partial charge in [-0.05, 0) is 87.9 Å². The average molecular weight is 520 g/mol.